The number of hydrogen-bond donors (Lipinski definition) is 0. The van der Waals surface area contributed by atoms with Gasteiger partial charge >= 0.3 is 0 Å². The van der Waals surface area contributed by atoms with Crippen molar-refractivity contribution in [2.75, 3.05) is 0 Å². The van der Waals surface area contributed by atoms with Crippen LogP contribution in [-0.2, 0) is 14.1 Å². The largest absolute Gasteiger partial charge is 0.343 e. The molecule has 0 N–H and O–H groups in total. The van der Waals surface area contributed by atoms with Crippen molar-refractivity contribution in [3.05, 3.63) is 126 Å². The lowest BCUT2D eigenvalue weighted by atomic mass is 9.99. The first-order valence-electron chi connectivity index (χ1n) is 12.8. The van der Waals surface area contributed by atoms with Crippen LogP contribution >= 0.6 is 0 Å². The Morgan fingerprint density at radius 3 is 1.61 bits per heavy atom. The summed E-state index contributed by atoms with van der Waals surface area (Å²) in [6.45, 7) is 16.1. The molecule has 0 fully saturated rings. The smallest absolute Gasteiger partial charge is 0.262 e. The summed E-state index contributed by atoms with van der Waals surface area (Å²) in [7, 11) is 3.80. The summed E-state index contributed by atoms with van der Waals surface area (Å²) in [6.07, 6.45) is 3.23. The van der Waals surface area contributed by atoms with Gasteiger partial charge in [-0.25, -0.2) is 15.0 Å². The molecule has 0 bridgehead atoms. The summed E-state index contributed by atoms with van der Waals surface area (Å²) in [5, 5.41) is 13.0. The Bertz CT molecular complexity index is 2460. The van der Waals surface area contributed by atoms with Crippen molar-refractivity contribution in [3.8, 4) is 6.07 Å². The van der Waals surface area contributed by atoms with Crippen LogP contribution in [0.4, 0.5) is 0 Å². The summed E-state index contributed by atoms with van der Waals surface area (Å²) >= 11 is 0. The fourth-order valence-electron chi connectivity index (χ4n) is 5.55. The lowest BCUT2D eigenvalue weighted by Gasteiger charge is -2.14. The lowest BCUT2D eigenvalue weighted by Crippen LogP contribution is -2.11. The van der Waals surface area contributed by atoms with E-state index in [-0.39, 0.29) is 16.6 Å². The van der Waals surface area contributed by atoms with Crippen molar-refractivity contribution < 1.29 is 0 Å². The highest BCUT2D eigenvalue weighted by Gasteiger charge is 2.14. The monoisotopic (exact) mass is 531 g/mol. The van der Waals surface area contributed by atoms with Gasteiger partial charge in [-0.15, -0.1) is 0 Å². The van der Waals surface area contributed by atoms with Gasteiger partial charge in [-0.3, -0.25) is 9.59 Å². The highest BCUT2D eigenvalue weighted by atomic mass is 16.1. The van der Waals surface area contributed by atoms with Gasteiger partial charge in [0, 0.05) is 35.6 Å². The molecule has 0 spiro atoms. The van der Waals surface area contributed by atoms with Crippen LogP contribution in [0.2, 0.25) is 0 Å². The lowest BCUT2D eigenvalue weighted by molar-refractivity contribution is 1.00. The average molecular weight is 532 g/mol. The average Bonchev–Trinajstić information content (AvgIpc) is 2.99. The molecule has 2 aromatic heterocycles. The predicted octanol–water partition coefficient (Wildman–Crippen LogP) is 6.91. The first-order valence-corrected chi connectivity index (χ1v) is 12.8. The molecule has 0 amide bonds. The van der Waals surface area contributed by atoms with E-state index in [1.807, 2.05) is 77.8 Å². The summed E-state index contributed by atoms with van der Waals surface area (Å²) in [5.74, 6) is 0. The number of nitriles is 1. The highest BCUT2D eigenvalue weighted by molar-refractivity contribution is 6.07. The molecular weight excluding hydrogens is 510 g/mol. The van der Waals surface area contributed by atoms with Gasteiger partial charge in [0.25, 0.3) is 5.70 Å². The van der Waals surface area contributed by atoms with E-state index in [4.69, 9.17) is 18.4 Å². The predicted molar refractivity (Wildman–Crippen MR) is 165 cm³/mol. The zero-order chi connectivity index (χ0) is 29.0. The molecule has 6 rings (SSSR count). The third-order valence-corrected chi connectivity index (χ3v) is 7.62. The minimum Gasteiger partial charge on any atom is -0.343 e. The van der Waals surface area contributed by atoms with Crippen molar-refractivity contribution in [2.24, 2.45) is 14.1 Å². The van der Waals surface area contributed by atoms with Gasteiger partial charge in [0.15, 0.2) is 16.6 Å². The first-order chi connectivity index (χ1) is 19.7. The Hall–Kier alpha value is -5.97. The number of aromatic nitrogens is 2. The van der Waals surface area contributed by atoms with Crippen molar-refractivity contribution in [3.63, 3.8) is 0 Å². The van der Waals surface area contributed by atoms with Crippen LogP contribution in [0.25, 0.3) is 76.2 Å². The van der Waals surface area contributed by atoms with Gasteiger partial charge in [0.2, 0.25) is 0 Å². The molecule has 194 valence electrons. The van der Waals surface area contributed by atoms with Crippen LogP contribution in [0.5, 0.6) is 0 Å². The molecule has 0 saturated heterocycles. The number of nitrogens with zero attached hydrogens (tertiary/aromatic N) is 5. The maximum Gasteiger partial charge on any atom is 0.262 e. The maximum atomic E-state index is 13.7. The van der Waals surface area contributed by atoms with Gasteiger partial charge in [-0.2, -0.15) is 0 Å². The van der Waals surface area contributed by atoms with E-state index in [0.717, 1.165) is 38.4 Å². The second-order valence-electron chi connectivity index (χ2n) is 10.1. The first kappa shape index (κ1) is 25.3. The molecule has 0 saturated carbocycles. The second kappa shape index (κ2) is 9.35. The molecule has 0 aliphatic rings. The number of pyridine rings is 2. The van der Waals surface area contributed by atoms with Crippen LogP contribution in [0.1, 0.15) is 18.1 Å². The molecule has 0 radical (unpaired) electrons. The summed E-state index contributed by atoms with van der Waals surface area (Å²) in [4.78, 5) is 34.1. The number of fused-ring (bicyclic) bond motifs is 5. The molecular formula is C34H21N5O2. The van der Waals surface area contributed by atoms with E-state index < -0.39 is 0 Å². The van der Waals surface area contributed by atoms with Crippen LogP contribution in [0.15, 0.2) is 81.6 Å². The molecule has 0 aliphatic heterocycles. The van der Waals surface area contributed by atoms with E-state index in [1.165, 1.54) is 6.08 Å². The number of rotatable bonds is 2. The summed E-state index contributed by atoms with van der Waals surface area (Å²) in [6, 6.07) is 20.4. The van der Waals surface area contributed by atoms with Gasteiger partial charge in [0.1, 0.15) is 0 Å². The molecule has 0 atom stereocenters. The van der Waals surface area contributed by atoms with E-state index in [9.17, 15) is 9.59 Å². The van der Waals surface area contributed by atoms with Crippen LogP contribution in [0.3, 0.4) is 0 Å². The zero-order valence-electron chi connectivity index (χ0n) is 22.5. The molecule has 0 aliphatic carbocycles. The fourth-order valence-corrected chi connectivity index (χ4v) is 5.55. The van der Waals surface area contributed by atoms with Crippen LogP contribution < -0.4 is 10.9 Å². The van der Waals surface area contributed by atoms with Crippen LogP contribution in [-0.4, -0.2) is 9.13 Å². The Balaban J connectivity index is 1.65. The maximum absolute atomic E-state index is 13.7. The minimum atomic E-state index is -0.144. The number of hydrogen-bond acceptors (Lipinski definition) is 3. The molecule has 41 heavy (non-hydrogen) atoms. The fraction of sp³-hybridized carbons (Fsp3) is 0.0882. The molecule has 2 heterocycles. The van der Waals surface area contributed by atoms with E-state index in [1.54, 1.807) is 25.1 Å². The normalized spacial score (nSPS) is 12.2. The van der Waals surface area contributed by atoms with Crippen molar-refractivity contribution in [2.45, 2.75) is 6.92 Å². The molecule has 4 aromatic carbocycles. The van der Waals surface area contributed by atoms with E-state index in [2.05, 4.69) is 9.69 Å². The van der Waals surface area contributed by atoms with E-state index in [0.29, 0.717) is 32.8 Å². The third kappa shape index (κ3) is 3.95. The van der Waals surface area contributed by atoms with Gasteiger partial charge in [-0.05, 0) is 83.4 Å². The quantitative estimate of drug-likeness (QED) is 0.138. The Kier molecular flexibility index (Phi) is 5.77. The van der Waals surface area contributed by atoms with Gasteiger partial charge in [0.05, 0.1) is 41.3 Å². The topological polar surface area (TPSA) is 76.5 Å². The standard InChI is InChI=1S/C34H21N5O2/c1-19(36-2)10-20-6-8-29-25(12-20)33(40)27-14-22-17-32-28(15-23(22)16-31(27)38(29)4)34(41)26-13-21(11-24(18-35)37-3)7-9-30(26)39(32)5/h6-17H,1,4-5H3/b19-10-,24-11+. The van der Waals surface area contributed by atoms with E-state index >= 15 is 0 Å². The third-order valence-electron chi connectivity index (χ3n) is 7.62. The Morgan fingerprint density at radius 1 is 0.707 bits per heavy atom. The molecule has 7 nitrogen and oxygen atoms in total. The molecule has 0 unspecified atom stereocenters. The second-order valence-corrected chi connectivity index (χ2v) is 10.1. The van der Waals surface area contributed by atoms with Crippen molar-refractivity contribution in [1.29, 1.82) is 5.26 Å². The van der Waals surface area contributed by atoms with Gasteiger partial charge in [-0.1, -0.05) is 18.2 Å². The number of aryl methyl sites for hydroxylation is 2. The Morgan fingerprint density at radius 2 is 1.17 bits per heavy atom. The van der Waals surface area contributed by atoms with Gasteiger partial charge < -0.3 is 9.13 Å². The van der Waals surface area contributed by atoms with Crippen molar-refractivity contribution in [1.82, 2.24) is 9.13 Å². The van der Waals surface area contributed by atoms with Crippen molar-refractivity contribution >= 4 is 66.5 Å². The Labute approximate surface area is 234 Å². The summed E-state index contributed by atoms with van der Waals surface area (Å²) < 4.78 is 3.92. The van der Waals surface area contributed by atoms with Crippen LogP contribution in [0, 0.1) is 24.5 Å². The summed E-state index contributed by atoms with van der Waals surface area (Å²) in [5.41, 5.74) is 4.65. The number of allylic oxidation sites excluding steroid dienone is 2. The molecule has 6 aromatic rings. The molecule has 7 heteroatoms. The number of benzene rings is 4. The minimum absolute atomic E-state index is 0.0517. The SMILES string of the molecule is [C-]#[N+]/C(C)=C\c1ccc2c(c1)c(=O)c1cc3cc4c(cc3cc1n2C)c(=O)c1cc(/C=C(\C#N)[N+]#[C-])ccc1n4C. The highest BCUT2D eigenvalue weighted by Crippen LogP contribution is 2.29. The zero-order valence-corrected chi connectivity index (χ0v) is 22.5.